The van der Waals surface area contributed by atoms with E-state index in [0.717, 1.165) is 0 Å². The highest BCUT2D eigenvalue weighted by Crippen LogP contribution is 2.42. The molecule has 0 spiro atoms. The van der Waals surface area contributed by atoms with Crippen molar-refractivity contribution in [1.82, 2.24) is 0 Å². The Balaban J connectivity index is 1.84. The Hall–Kier alpha value is -5.54. The second kappa shape index (κ2) is 15.1. The van der Waals surface area contributed by atoms with Gasteiger partial charge in [-0.2, -0.15) is 0 Å². The number of rotatable bonds is 14. The van der Waals surface area contributed by atoms with Crippen molar-refractivity contribution >= 4 is 60.3 Å². The minimum atomic E-state index is -4.69. The minimum Gasteiger partial charge on any atom is -0.497 e. The number of benzene rings is 5. The van der Waals surface area contributed by atoms with Gasteiger partial charge in [-0.1, -0.05) is 48.6 Å². The average Bonchev–Trinajstić information content (AvgIpc) is 3.12. The predicted molar refractivity (Wildman–Crippen MR) is 188 cm³/mol. The fourth-order valence-corrected chi connectivity index (χ4v) is 8.25. The highest BCUT2D eigenvalue weighted by molar-refractivity contribution is 7.93. The number of hydrogen-bond acceptors (Lipinski definition) is 7. The van der Waals surface area contributed by atoms with E-state index in [-0.39, 0.29) is 37.5 Å². The molecule has 0 bridgehead atoms. The number of nitrogens with zero attached hydrogens (tertiary/aromatic N) is 2. The number of ether oxygens (including phenoxy) is 2. The van der Waals surface area contributed by atoms with E-state index in [9.17, 15) is 39.9 Å². The van der Waals surface area contributed by atoms with Crippen LogP contribution in [0.25, 0.3) is 22.9 Å². The predicted octanol–water partition coefficient (Wildman–Crippen LogP) is 6.91. The van der Waals surface area contributed by atoms with Gasteiger partial charge in [0.2, 0.25) is 0 Å². The van der Waals surface area contributed by atoms with Crippen molar-refractivity contribution in [3.63, 3.8) is 0 Å². The molecule has 51 heavy (non-hydrogen) atoms. The molecule has 0 aliphatic heterocycles. The van der Waals surface area contributed by atoms with Gasteiger partial charge in [0.05, 0.1) is 41.9 Å². The summed E-state index contributed by atoms with van der Waals surface area (Å²) < 4.78 is 110. The SMILES string of the molecule is COc1ccc(S(=O)(=O)N(CC(F)F)c2cc(/C=C/c3ccc(F)cc3)c(N(CC(=O)O)S(=O)(=O)c3ccc(OC)cc3)c3ccccc23)cc1. The summed E-state index contributed by atoms with van der Waals surface area (Å²) in [6, 6.07) is 22.7. The van der Waals surface area contributed by atoms with Gasteiger partial charge in [-0.15, -0.1) is 0 Å². The van der Waals surface area contributed by atoms with Gasteiger partial charge in [0.25, 0.3) is 26.5 Å². The van der Waals surface area contributed by atoms with E-state index in [1.165, 1.54) is 129 Å². The molecular formula is C36H31F3N2O8S2. The van der Waals surface area contributed by atoms with Crippen molar-refractivity contribution < 1.29 is 49.4 Å². The number of aliphatic carboxylic acids is 1. The maximum absolute atomic E-state index is 14.3. The largest absolute Gasteiger partial charge is 0.497 e. The van der Waals surface area contributed by atoms with Crippen LogP contribution in [0.5, 0.6) is 11.5 Å². The van der Waals surface area contributed by atoms with Crippen LogP contribution in [0.15, 0.2) is 113 Å². The Morgan fingerprint density at radius 2 is 1.25 bits per heavy atom. The highest BCUT2D eigenvalue weighted by Gasteiger charge is 2.34. The summed E-state index contributed by atoms with van der Waals surface area (Å²) in [5.41, 5.74) is -0.0168. The summed E-state index contributed by atoms with van der Waals surface area (Å²) in [4.78, 5) is 11.7. The number of carboxylic acid groups (broad SMARTS) is 1. The number of carbonyl (C=O) groups is 1. The number of carboxylic acids is 1. The summed E-state index contributed by atoms with van der Waals surface area (Å²) in [7, 11) is -6.58. The molecule has 266 valence electrons. The molecule has 0 fully saturated rings. The third-order valence-electron chi connectivity index (χ3n) is 7.74. The number of alkyl halides is 2. The standard InChI is InChI=1S/C36H31F3N2O8S2/c1-48-27-13-17-29(18-14-27)50(44,45)40(22-34(38)39)33-21-25(10-7-24-8-11-26(37)12-9-24)36(32-6-4-3-5-31(32)33)41(23-35(42)43)51(46,47)30-19-15-28(49-2)16-20-30/h3-21,34H,22-23H2,1-2H3,(H,42,43)/b10-7+. The molecule has 0 unspecified atom stereocenters. The van der Waals surface area contributed by atoms with Crippen molar-refractivity contribution in [2.45, 2.75) is 16.2 Å². The van der Waals surface area contributed by atoms with E-state index in [2.05, 4.69) is 0 Å². The van der Waals surface area contributed by atoms with Crippen LogP contribution >= 0.6 is 0 Å². The lowest BCUT2D eigenvalue weighted by Gasteiger charge is -2.30. The number of sulfonamides is 2. The van der Waals surface area contributed by atoms with Gasteiger partial charge in [-0.25, -0.2) is 30.0 Å². The Morgan fingerprint density at radius 3 is 1.75 bits per heavy atom. The zero-order valence-electron chi connectivity index (χ0n) is 27.1. The van der Waals surface area contributed by atoms with Crippen LogP contribution in [0.2, 0.25) is 0 Å². The number of anilines is 2. The van der Waals surface area contributed by atoms with Gasteiger partial charge in [-0.05, 0) is 72.3 Å². The van der Waals surface area contributed by atoms with Crippen LogP contribution < -0.4 is 18.1 Å². The van der Waals surface area contributed by atoms with Gasteiger partial charge >= 0.3 is 5.97 Å². The Kier molecular flexibility index (Phi) is 10.9. The molecule has 5 rings (SSSR count). The lowest BCUT2D eigenvalue weighted by molar-refractivity contribution is -0.135. The fourth-order valence-electron chi connectivity index (χ4n) is 5.34. The van der Waals surface area contributed by atoms with Crippen LogP contribution in [0.1, 0.15) is 11.1 Å². The Bertz CT molecular complexity index is 2280. The van der Waals surface area contributed by atoms with Crippen LogP contribution in [-0.2, 0) is 24.8 Å². The lowest BCUT2D eigenvalue weighted by Crippen LogP contribution is -2.37. The summed E-state index contributed by atoms with van der Waals surface area (Å²) >= 11 is 0. The number of methoxy groups -OCH3 is 2. The second-order valence-electron chi connectivity index (χ2n) is 10.9. The highest BCUT2D eigenvalue weighted by atomic mass is 32.2. The zero-order chi connectivity index (χ0) is 36.9. The molecular weight excluding hydrogens is 710 g/mol. The molecule has 0 saturated carbocycles. The fraction of sp³-hybridized carbons (Fsp3) is 0.139. The number of fused-ring (bicyclic) bond motifs is 1. The van der Waals surface area contributed by atoms with E-state index in [4.69, 9.17) is 9.47 Å². The molecule has 0 heterocycles. The molecule has 0 aliphatic rings. The normalized spacial score (nSPS) is 12.0. The number of halogens is 3. The van der Waals surface area contributed by atoms with Crippen LogP contribution in [0.4, 0.5) is 24.5 Å². The first-order valence-corrected chi connectivity index (χ1v) is 18.0. The maximum Gasteiger partial charge on any atom is 0.324 e. The molecule has 10 nitrogen and oxygen atoms in total. The van der Waals surface area contributed by atoms with Gasteiger partial charge in [-0.3, -0.25) is 13.4 Å². The first-order chi connectivity index (χ1) is 24.3. The first-order valence-electron chi connectivity index (χ1n) is 15.1. The maximum atomic E-state index is 14.3. The summed E-state index contributed by atoms with van der Waals surface area (Å²) in [6.07, 6.45) is -0.309. The quantitative estimate of drug-likeness (QED) is 0.122. The smallest absolute Gasteiger partial charge is 0.324 e. The van der Waals surface area contributed by atoms with E-state index < -0.39 is 51.3 Å². The van der Waals surface area contributed by atoms with Crippen molar-refractivity contribution in [2.24, 2.45) is 0 Å². The molecule has 5 aromatic rings. The van der Waals surface area contributed by atoms with Crippen LogP contribution in [0, 0.1) is 5.82 Å². The third kappa shape index (κ3) is 7.94. The van der Waals surface area contributed by atoms with E-state index in [1.54, 1.807) is 0 Å². The van der Waals surface area contributed by atoms with Gasteiger partial charge in [0.1, 0.15) is 23.9 Å². The molecule has 0 amide bonds. The molecule has 0 atom stereocenters. The summed E-state index contributed by atoms with van der Waals surface area (Å²) in [5, 5.41) is 10.1. The van der Waals surface area contributed by atoms with Gasteiger partial charge in [0.15, 0.2) is 0 Å². The molecule has 1 N–H and O–H groups in total. The Labute approximate surface area is 292 Å². The molecule has 0 saturated heterocycles. The van der Waals surface area contributed by atoms with Crippen LogP contribution in [-0.4, -0.2) is 61.6 Å². The lowest BCUT2D eigenvalue weighted by atomic mass is 10.00. The van der Waals surface area contributed by atoms with Crippen molar-refractivity contribution in [2.75, 3.05) is 35.9 Å². The van der Waals surface area contributed by atoms with Crippen LogP contribution in [0.3, 0.4) is 0 Å². The van der Waals surface area contributed by atoms with E-state index in [1.807, 2.05) is 0 Å². The molecule has 5 aromatic carbocycles. The topological polar surface area (TPSA) is 131 Å². The number of hydrogen-bond donors (Lipinski definition) is 1. The second-order valence-corrected chi connectivity index (χ2v) is 14.7. The summed E-state index contributed by atoms with van der Waals surface area (Å²) in [5.74, 6) is -1.37. The van der Waals surface area contributed by atoms with Gasteiger partial charge < -0.3 is 14.6 Å². The van der Waals surface area contributed by atoms with E-state index >= 15 is 0 Å². The third-order valence-corrected chi connectivity index (χ3v) is 11.3. The van der Waals surface area contributed by atoms with Gasteiger partial charge in [0, 0.05) is 16.3 Å². The monoisotopic (exact) mass is 740 g/mol. The summed E-state index contributed by atoms with van der Waals surface area (Å²) in [6.45, 7) is -2.35. The van der Waals surface area contributed by atoms with E-state index in [0.29, 0.717) is 25.7 Å². The van der Waals surface area contributed by atoms with Crippen molar-refractivity contribution in [3.8, 4) is 11.5 Å². The zero-order valence-corrected chi connectivity index (χ0v) is 28.7. The Morgan fingerprint density at radius 1 is 0.745 bits per heavy atom. The first kappa shape index (κ1) is 36.7. The van der Waals surface area contributed by atoms with Crippen molar-refractivity contribution in [1.29, 1.82) is 0 Å². The van der Waals surface area contributed by atoms with Crippen molar-refractivity contribution in [3.05, 3.63) is 120 Å². The minimum absolute atomic E-state index is 0.0319. The molecule has 0 aromatic heterocycles. The molecule has 0 aliphatic carbocycles. The molecule has 0 radical (unpaired) electrons. The molecule has 15 heteroatoms. The average molecular weight is 741 g/mol.